The molecule has 0 saturated carbocycles. The molecule has 0 aliphatic rings. The number of aromatic nitrogens is 3. The fraction of sp³-hybridized carbons (Fsp3) is 0.818. The van der Waals surface area contributed by atoms with Crippen LogP contribution < -0.4 is 0 Å². The molecule has 0 aromatic carbocycles. The number of nitrogens with zero attached hydrogens (tertiary/aromatic N) is 3. The third-order valence-corrected chi connectivity index (χ3v) is 2.94. The molecule has 0 bridgehead atoms. The second kappa shape index (κ2) is 4.51. The molecule has 2 N–H and O–H groups in total. The Hall–Kier alpha value is -0.940. The summed E-state index contributed by atoms with van der Waals surface area (Å²) in [6.07, 6.45) is 3.01. The van der Waals surface area contributed by atoms with Crippen LogP contribution in [0.25, 0.3) is 0 Å². The van der Waals surface area contributed by atoms with Crippen molar-refractivity contribution >= 4 is 0 Å². The Morgan fingerprint density at radius 1 is 1.25 bits per heavy atom. The van der Waals surface area contributed by atoms with Gasteiger partial charge in [0.15, 0.2) is 0 Å². The standard InChI is InChI=1S/C11H21N3O2/c1-5-11(16,6-2)8-14-7-9(12-13-14)10(3,4)15/h7,15-16H,5-6,8H2,1-4H3. The van der Waals surface area contributed by atoms with Crippen LogP contribution in [0, 0.1) is 0 Å². The zero-order chi connectivity index (χ0) is 12.4. The fourth-order valence-corrected chi connectivity index (χ4v) is 1.43. The van der Waals surface area contributed by atoms with E-state index in [1.807, 2.05) is 13.8 Å². The number of hydrogen-bond acceptors (Lipinski definition) is 4. The van der Waals surface area contributed by atoms with E-state index < -0.39 is 11.2 Å². The Kier molecular flexibility index (Phi) is 3.70. The maximum atomic E-state index is 10.1. The zero-order valence-electron chi connectivity index (χ0n) is 10.4. The Balaban J connectivity index is 2.80. The molecule has 0 aliphatic carbocycles. The highest BCUT2D eigenvalue weighted by molar-refractivity contribution is 5.03. The predicted molar refractivity (Wildman–Crippen MR) is 60.8 cm³/mol. The first-order chi connectivity index (χ1) is 7.30. The quantitative estimate of drug-likeness (QED) is 0.789. The second-order valence-electron chi connectivity index (χ2n) is 4.79. The Morgan fingerprint density at radius 3 is 2.19 bits per heavy atom. The minimum atomic E-state index is -0.991. The zero-order valence-corrected chi connectivity index (χ0v) is 10.4. The van der Waals surface area contributed by atoms with E-state index in [1.165, 1.54) is 0 Å². The van der Waals surface area contributed by atoms with Crippen LogP contribution in [-0.4, -0.2) is 30.8 Å². The van der Waals surface area contributed by atoms with Crippen LogP contribution in [-0.2, 0) is 12.1 Å². The van der Waals surface area contributed by atoms with Gasteiger partial charge in [-0.2, -0.15) is 0 Å². The van der Waals surface area contributed by atoms with E-state index in [-0.39, 0.29) is 0 Å². The van der Waals surface area contributed by atoms with E-state index in [4.69, 9.17) is 0 Å². The smallest absolute Gasteiger partial charge is 0.114 e. The Bertz CT molecular complexity index is 337. The fourth-order valence-electron chi connectivity index (χ4n) is 1.43. The van der Waals surface area contributed by atoms with E-state index in [9.17, 15) is 10.2 Å². The summed E-state index contributed by atoms with van der Waals surface area (Å²) in [6.45, 7) is 7.61. The maximum Gasteiger partial charge on any atom is 0.114 e. The van der Waals surface area contributed by atoms with Crippen LogP contribution in [0.4, 0.5) is 0 Å². The molecule has 0 radical (unpaired) electrons. The topological polar surface area (TPSA) is 71.2 Å². The molecule has 1 aromatic heterocycles. The predicted octanol–water partition coefficient (Wildman–Crippen LogP) is 1.06. The average Bonchev–Trinajstić information content (AvgIpc) is 2.65. The summed E-state index contributed by atoms with van der Waals surface area (Å²) in [5.41, 5.74) is -1.22. The molecule has 0 spiro atoms. The number of aliphatic hydroxyl groups is 2. The first-order valence-corrected chi connectivity index (χ1v) is 5.66. The minimum absolute atomic E-state index is 0.406. The van der Waals surface area contributed by atoms with Crippen molar-refractivity contribution in [1.29, 1.82) is 0 Å². The summed E-state index contributed by atoms with van der Waals surface area (Å²) in [5, 5.41) is 27.7. The summed E-state index contributed by atoms with van der Waals surface area (Å²) >= 11 is 0. The molecule has 1 heterocycles. The lowest BCUT2D eigenvalue weighted by atomic mass is 9.98. The van der Waals surface area contributed by atoms with E-state index in [0.29, 0.717) is 25.1 Å². The molecule has 92 valence electrons. The third-order valence-electron chi connectivity index (χ3n) is 2.94. The Morgan fingerprint density at radius 2 is 1.81 bits per heavy atom. The monoisotopic (exact) mass is 227 g/mol. The summed E-state index contributed by atoms with van der Waals surface area (Å²) in [6, 6.07) is 0. The molecular formula is C11H21N3O2. The van der Waals surface area contributed by atoms with Gasteiger partial charge in [0.1, 0.15) is 11.3 Å². The molecule has 0 aliphatic heterocycles. The minimum Gasteiger partial charge on any atom is -0.388 e. The Labute approximate surface area is 96.1 Å². The van der Waals surface area contributed by atoms with Gasteiger partial charge in [-0.05, 0) is 26.7 Å². The summed E-state index contributed by atoms with van der Waals surface area (Å²) in [7, 11) is 0. The maximum absolute atomic E-state index is 10.1. The van der Waals surface area contributed by atoms with Crippen molar-refractivity contribution in [3.8, 4) is 0 Å². The van der Waals surface area contributed by atoms with Gasteiger partial charge in [0.05, 0.1) is 18.3 Å². The average molecular weight is 227 g/mol. The molecule has 0 atom stereocenters. The van der Waals surface area contributed by atoms with Crippen molar-refractivity contribution in [2.24, 2.45) is 0 Å². The first kappa shape index (κ1) is 13.1. The lowest BCUT2D eigenvalue weighted by Gasteiger charge is -2.24. The highest BCUT2D eigenvalue weighted by atomic mass is 16.3. The summed E-state index contributed by atoms with van der Waals surface area (Å²) in [5.74, 6) is 0. The van der Waals surface area contributed by atoms with E-state index in [0.717, 1.165) is 0 Å². The first-order valence-electron chi connectivity index (χ1n) is 5.66. The second-order valence-corrected chi connectivity index (χ2v) is 4.79. The van der Waals surface area contributed by atoms with Gasteiger partial charge < -0.3 is 10.2 Å². The van der Waals surface area contributed by atoms with Crippen molar-refractivity contribution in [3.63, 3.8) is 0 Å². The van der Waals surface area contributed by atoms with E-state index in [1.54, 1.807) is 24.7 Å². The van der Waals surface area contributed by atoms with E-state index in [2.05, 4.69) is 10.3 Å². The molecule has 0 amide bonds. The van der Waals surface area contributed by atoms with Crippen LogP contribution >= 0.6 is 0 Å². The molecule has 5 nitrogen and oxygen atoms in total. The van der Waals surface area contributed by atoms with Crippen LogP contribution in [0.1, 0.15) is 46.2 Å². The lowest BCUT2D eigenvalue weighted by Crippen LogP contribution is -2.32. The van der Waals surface area contributed by atoms with Crippen LogP contribution in [0.5, 0.6) is 0 Å². The van der Waals surface area contributed by atoms with Crippen LogP contribution in [0.15, 0.2) is 6.20 Å². The van der Waals surface area contributed by atoms with Gasteiger partial charge in [-0.15, -0.1) is 5.10 Å². The highest BCUT2D eigenvalue weighted by Gasteiger charge is 2.25. The molecule has 0 unspecified atom stereocenters. The van der Waals surface area contributed by atoms with Gasteiger partial charge in [-0.1, -0.05) is 19.1 Å². The third kappa shape index (κ3) is 3.02. The summed E-state index contributed by atoms with van der Waals surface area (Å²) < 4.78 is 1.58. The molecule has 16 heavy (non-hydrogen) atoms. The largest absolute Gasteiger partial charge is 0.388 e. The SMILES string of the molecule is CCC(O)(CC)Cn1cc(C(C)(C)O)nn1. The van der Waals surface area contributed by atoms with Crippen LogP contribution in [0.2, 0.25) is 0 Å². The van der Waals surface area contributed by atoms with Crippen LogP contribution in [0.3, 0.4) is 0 Å². The lowest BCUT2D eigenvalue weighted by molar-refractivity contribution is 0.0113. The van der Waals surface area contributed by atoms with Crippen molar-refractivity contribution in [3.05, 3.63) is 11.9 Å². The number of hydrogen-bond donors (Lipinski definition) is 2. The van der Waals surface area contributed by atoms with Gasteiger partial charge in [-0.25, -0.2) is 4.68 Å². The van der Waals surface area contributed by atoms with Gasteiger partial charge in [0.25, 0.3) is 0 Å². The molecule has 0 saturated heterocycles. The van der Waals surface area contributed by atoms with Gasteiger partial charge in [0.2, 0.25) is 0 Å². The normalized spacial score (nSPS) is 13.1. The molecule has 5 heteroatoms. The van der Waals surface area contributed by atoms with E-state index >= 15 is 0 Å². The van der Waals surface area contributed by atoms with Crippen molar-refractivity contribution in [2.45, 2.75) is 58.3 Å². The highest BCUT2D eigenvalue weighted by Crippen LogP contribution is 2.19. The van der Waals surface area contributed by atoms with Crippen molar-refractivity contribution < 1.29 is 10.2 Å². The number of rotatable bonds is 5. The molecular weight excluding hydrogens is 206 g/mol. The van der Waals surface area contributed by atoms with Gasteiger partial charge in [-0.3, -0.25) is 0 Å². The van der Waals surface area contributed by atoms with Crippen molar-refractivity contribution in [2.75, 3.05) is 0 Å². The van der Waals surface area contributed by atoms with Gasteiger partial charge in [0, 0.05) is 0 Å². The molecule has 1 aromatic rings. The van der Waals surface area contributed by atoms with Crippen molar-refractivity contribution in [1.82, 2.24) is 15.0 Å². The summed E-state index contributed by atoms with van der Waals surface area (Å²) in [4.78, 5) is 0. The molecule has 0 fully saturated rings. The van der Waals surface area contributed by atoms with Gasteiger partial charge >= 0.3 is 0 Å². The molecule has 1 rings (SSSR count).